The molecule has 0 unspecified atom stereocenters. The van der Waals surface area contributed by atoms with Crippen LogP contribution in [-0.2, 0) is 15.4 Å². The average molecular weight is 476 g/mol. The van der Waals surface area contributed by atoms with Crippen LogP contribution in [0.1, 0.15) is 31.9 Å². The molecule has 3 aromatic rings. The molecule has 0 spiro atoms. The second-order valence-corrected chi connectivity index (χ2v) is 11.8. The molecule has 4 rings (SSSR count). The van der Waals surface area contributed by atoms with Gasteiger partial charge in [-0.15, -0.1) is 0 Å². The van der Waals surface area contributed by atoms with Crippen molar-refractivity contribution in [3.05, 3.63) is 102 Å². The molecule has 0 saturated carbocycles. The third-order valence-electron chi connectivity index (χ3n) is 6.27. The first-order valence-electron chi connectivity index (χ1n) is 11.5. The van der Waals surface area contributed by atoms with Crippen LogP contribution in [0.2, 0.25) is 0 Å². The molecule has 0 aliphatic carbocycles. The van der Waals surface area contributed by atoms with Gasteiger partial charge in [0.05, 0.1) is 12.9 Å². The van der Waals surface area contributed by atoms with Crippen molar-refractivity contribution in [3.63, 3.8) is 0 Å². The zero-order chi connectivity index (χ0) is 24.5. The van der Waals surface area contributed by atoms with E-state index in [0.29, 0.717) is 19.0 Å². The quantitative estimate of drug-likeness (QED) is 0.487. The summed E-state index contributed by atoms with van der Waals surface area (Å²) in [5.74, 6) is 0.685. The lowest BCUT2D eigenvalue weighted by molar-refractivity contribution is 0.514. The minimum absolute atomic E-state index is 0.0397. The lowest BCUT2D eigenvalue weighted by Gasteiger charge is -2.43. The Balaban J connectivity index is 1.93. The van der Waals surface area contributed by atoms with Gasteiger partial charge < -0.3 is 9.80 Å². The van der Waals surface area contributed by atoms with Crippen molar-refractivity contribution >= 4 is 27.0 Å². The Morgan fingerprint density at radius 2 is 1.32 bits per heavy atom. The highest BCUT2D eigenvalue weighted by atomic mass is 32.2. The normalized spacial score (nSPS) is 15.0. The molecule has 0 atom stereocenters. The molecule has 0 fully saturated rings. The van der Waals surface area contributed by atoms with Crippen LogP contribution >= 0.6 is 0 Å². The van der Waals surface area contributed by atoms with E-state index >= 15 is 0 Å². The molecule has 1 aliphatic rings. The Labute approximate surface area is 204 Å². The summed E-state index contributed by atoms with van der Waals surface area (Å²) in [6.45, 7) is 7.71. The van der Waals surface area contributed by atoms with E-state index < -0.39 is 10.0 Å². The summed E-state index contributed by atoms with van der Waals surface area (Å²) < 4.78 is 27.0. The number of hydrogen-bond donors (Lipinski definition) is 0. The Morgan fingerprint density at radius 3 is 1.82 bits per heavy atom. The van der Waals surface area contributed by atoms with Crippen molar-refractivity contribution in [1.29, 1.82) is 0 Å². The maximum Gasteiger partial charge on any atom is 0.233 e. The highest BCUT2D eigenvalue weighted by molar-refractivity contribution is 7.88. The molecule has 6 heteroatoms. The third kappa shape index (κ3) is 4.97. The molecule has 0 N–H and O–H groups in total. The highest BCUT2D eigenvalue weighted by Gasteiger charge is 2.32. The SMILES string of the molecule is CN(C1=C(c2ccc(C(C)(C)C)cc2)CN(c2ccccc2)CN1c1ccccc1)S(C)(=O)=O. The van der Waals surface area contributed by atoms with Gasteiger partial charge in [0.25, 0.3) is 0 Å². The Morgan fingerprint density at radius 1 is 0.794 bits per heavy atom. The first kappa shape index (κ1) is 23.9. The summed E-state index contributed by atoms with van der Waals surface area (Å²) in [7, 11) is -1.84. The summed E-state index contributed by atoms with van der Waals surface area (Å²) in [5.41, 5.74) is 5.29. The first-order valence-corrected chi connectivity index (χ1v) is 13.3. The number of para-hydroxylation sites is 2. The Bertz CT molecular complexity index is 1260. The molecular weight excluding hydrogens is 442 g/mol. The van der Waals surface area contributed by atoms with Crippen molar-refractivity contribution in [2.75, 3.05) is 36.3 Å². The van der Waals surface area contributed by atoms with Gasteiger partial charge in [0.1, 0.15) is 5.82 Å². The lowest BCUT2D eigenvalue weighted by Crippen LogP contribution is -2.49. The maximum absolute atomic E-state index is 12.8. The van der Waals surface area contributed by atoms with Crippen LogP contribution < -0.4 is 9.80 Å². The molecule has 1 heterocycles. The van der Waals surface area contributed by atoms with Crippen LogP contribution in [0, 0.1) is 0 Å². The van der Waals surface area contributed by atoms with Crippen LogP contribution in [0.15, 0.2) is 90.8 Å². The standard InChI is InChI=1S/C28H33N3O2S/c1-28(2,3)23-18-16-22(17-19-23)26-20-30(24-12-8-6-9-13-24)21-31(25-14-10-7-11-15-25)27(26)29(4)34(5,32)33/h6-19H,20-21H2,1-5H3. The molecular formula is C28H33N3O2S. The topological polar surface area (TPSA) is 43.9 Å². The average Bonchev–Trinajstić information content (AvgIpc) is 2.83. The van der Waals surface area contributed by atoms with Crippen molar-refractivity contribution in [1.82, 2.24) is 4.31 Å². The van der Waals surface area contributed by atoms with Gasteiger partial charge in [-0.3, -0.25) is 4.31 Å². The fourth-order valence-electron chi connectivity index (χ4n) is 4.24. The van der Waals surface area contributed by atoms with Gasteiger partial charge in [-0.05, 0) is 40.8 Å². The Hall–Kier alpha value is -3.25. The zero-order valence-corrected chi connectivity index (χ0v) is 21.4. The van der Waals surface area contributed by atoms with Crippen molar-refractivity contribution in [2.24, 2.45) is 0 Å². The monoisotopic (exact) mass is 475 g/mol. The number of nitrogens with zero attached hydrogens (tertiary/aromatic N) is 3. The molecule has 0 saturated heterocycles. The van der Waals surface area contributed by atoms with E-state index in [1.54, 1.807) is 7.05 Å². The summed E-state index contributed by atoms with van der Waals surface area (Å²) in [5, 5.41) is 0. The van der Waals surface area contributed by atoms with E-state index in [9.17, 15) is 8.42 Å². The lowest BCUT2D eigenvalue weighted by atomic mass is 9.86. The van der Waals surface area contributed by atoms with Crippen molar-refractivity contribution in [3.8, 4) is 0 Å². The smallest absolute Gasteiger partial charge is 0.233 e. The fourth-order valence-corrected chi connectivity index (χ4v) is 4.77. The zero-order valence-electron chi connectivity index (χ0n) is 20.6. The number of rotatable bonds is 5. The van der Waals surface area contributed by atoms with E-state index in [-0.39, 0.29) is 5.41 Å². The molecule has 0 radical (unpaired) electrons. The summed E-state index contributed by atoms with van der Waals surface area (Å²) >= 11 is 0. The third-order valence-corrected chi connectivity index (χ3v) is 7.44. The minimum atomic E-state index is -3.48. The van der Waals surface area contributed by atoms with Crippen LogP contribution in [0.4, 0.5) is 11.4 Å². The second kappa shape index (κ2) is 9.18. The van der Waals surface area contributed by atoms with Gasteiger partial charge in [-0.1, -0.05) is 81.4 Å². The van der Waals surface area contributed by atoms with E-state index in [4.69, 9.17) is 0 Å². The second-order valence-electron chi connectivity index (χ2n) is 9.80. The minimum Gasteiger partial charge on any atom is -0.349 e. The van der Waals surface area contributed by atoms with Gasteiger partial charge in [0.2, 0.25) is 10.0 Å². The van der Waals surface area contributed by atoms with E-state index in [1.165, 1.54) is 16.1 Å². The van der Waals surface area contributed by atoms with Crippen molar-refractivity contribution in [2.45, 2.75) is 26.2 Å². The molecule has 178 valence electrons. The molecule has 0 bridgehead atoms. The van der Waals surface area contributed by atoms with E-state index in [0.717, 1.165) is 22.5 Å². The van der Waals surface area contributed by atoms with Crippen LogP contribution in [0.5, 0.6) is 0 Å². The Kier molecular flexibility index (Phi) is 6.45. The van der Waals surface area contributed by atoms with Gasteiger partial charge in [-0.25, -0.2) is 8.42 Å². The highest BCUT2D eigenvalue weighted by Crippen LogP contribution is 2.36. The number of anilines is 2. The van der Waals surface area contributed by atoms with Gasteiger partial charge in [0.15, 0.2) is 0 Å². The largest absolute Gasteiger partial charge is 0.349 e. The molecule has 0 amide bonds. The van der Waals surface area contributed by atoms with Crippen LogP contribution in [0.25, 0.3) is 5.57 Å². The van der Waals surface area contributed by atoms with E-state index in [1.807, 2.05) is 48.5 Å². The van der Waals surface area contributed by atoms with Crippen LogP contribution in [0.3, 0.4) is 0 Å². The molecule has 3 aromatic carbocycles. The van der Waals surface area contributed by atoms with Gasteiger partial charge in [0, 0.05) is 30.5 Å². The summed E-state index contributed by atoms with van der Waals surface area (Å²) in [6.07, 6.45) is 1.26. The van der Waals surface area contributed by atoms with Gasteiger partial charge in [-0.2, -0.15) is 0 Å². The summed E-state index contributed by atoms with van der Waals surface area (Å²) in [4.78, 5) is 4.37. The number of hydrogen-bond acceptors (Lipinski definition) is 4. The van der Waals surface area contributed by atoms with Crippen molar-refractivity contribution < 1.29 is 8.42 Å². The molecule has 0 aromatic heterocycles. The predicted octanol–water partition coefficient (Wildman–Crippen LogP) is 5.53. The summed E-state index contributed by atoms with van der Waals surface area (Å²) in [6, 6.07) is 28.7. The number of sulfonamides is 1. The van der Waals surface area contributed by atoms with Gasteiger partial charge >= 0.3 is 0 Å². The molecule has 34 heavy (non-hydrogen) atoms. The first-order chi connectivity index (χ1) is 16.1. The fraction of sp³-hybridized carbons (Fsp3) is 0.286. The predicted molar refractivity (Wildman–Crippen MR) is 142 cm³/mol. The van der Waals surface area contributed by atoms with Crippen LogP contribution in [-0.4, -0.2) is 39.2 Å². The number of benzene rings is 3. The molecule has 5 nitrogen and oxygen atoms in total. The maximum atomic E-state index is 12.8. The van der Waals surface area contributed by atoms with E-state index in [2.05, 4.69) is 67.0 Å². The molecule has 1 aliphatic heterocycles.